The summed E-state index contributed by atoms with van der Waals surface area (Å²) in [6.07, 6.45) is 0. The highest BCUT2D eigenvalue weighted by molar-refractivity contribution is 6.17. The maximum absolute atomic E-state index is 6.31. The van der Waals surface area contributed by atoms with Crippen LogP contribution < -0.4 is 0 Å². The third kappa shape index (κ3) is 4.66. The molecule has 0 unspecified atom stereocenters. The molecule has 0 bridgehead atoms. The van der Waals surface area contributed by atoms with Crippen LogP contribution >= 0.6 is 0 Å². The summed E-state index contributed by atoms with van der Waals surface area (Å²) in [5.41, 5.74) is 13.8. The number of hydrogen-bond donors (Lipinski definition) is 0. The average Bonchev–Trinajstić information content (AvgIpc) is 3.78. The zero-order valence-electron chi connectivity index (χ0n) is 28.5. The predicted molar refractivity (Wildman–Crippen MR) is 216 cm³/mol. The summed E-state index contributed by atoms with van der Waals surface area (Å²) in [6, 6.07) is 61.5. The number of fused-ring (bicyclic) bond motifs is 6. The first-order valence-electron chi connectivity index (χ1n) is 17.9. The molecule has 4 heteroatoms. The number of benzene rings is 8. The van der Waals surface area contributed by atoms with Gasteiger partial charge in [0, 0.05) is 27.5 Å². The van der Waals surface area contributed by atoms with Crippen molar-refractivity contribution in [3.63, 3.8) is 0 Å². The zero-order chi connectivity index (χ0) is 34.9. The molecule has 246 valence electrons. The highest BCUT2D eigenvalue weighted by Crippen LogP contribution is 2.49. The van der Waals surface area contributed by atoms with E-state index in [1.54, 1.807) is 0 Å². The average molecular weight is 676 g/mol. The van der Waals surface area contributed by atoms with E-state index in [1.165, 1.54) is 33.0 Å². The first-order valence-corrected chi connectivity index (χ1v) is 17.9. The van der Waals surface area contributed by atoms with Gasteiger partial charge in [-0.15, -0.1) is 0 Å². The number of aromatic nitrogens is 3. The van der Waals surface area contributed by atoms with Crippen LogP contribution in [0.25, 0.3) is 111 Å². The van der Waals surface area contributed by atoms with Gasteiger partial charge in [-0.1, -0.05) is 152 Å². The van der Waals surface area contributed by atoms with Gasteiger partial charge < -0.3 is 4.42 Å². The van der Waals surface area contributed by atoms with Gasteiger partial charge in [0.2, 0.25) is 0 Å². The Hall–Kier alpha value is -7.17. The molecule has 2 heterocycles. The molecular weight excluding hydrogens is 647 g/mol. The summed E-state index contributed by atoms with van der Waals surface area (Å²) in [7, 11) is 0. The van der Waals surface area contributed by atoms with E-state index in [-0.39, 0.29) is 0 Å². The first-order chi connectivity index (χ1) is 26.3. The molecule has 0 atom stereocenters. The lowest BCUT2D eigenvalue weighted by molar-refractivity contribution is 0.669. The molecule has 11 rings (SSSR count). The van der Waals surface area contributed by atoms with Crippen molar-refractivity contribution < 1.29 is 4.42 Å². The van der Waals surface area contributed by atoms with Crippen molar-refractivity contribution in [2.45, 2.75) is 0 Å². The molecule has 0 amide bonds. The van der Waals surface area contributed by atoms with Crippen LogP contribution in [0.1, 0.15) is 0 Å². The van der Waals surface area contributed by atoms with Crippen LogP contribution in [0.3, 0.4) is 0 Å². The van der Waals surface area contributed by atoms with Crippen LogP contribution in [0.2, 0.25) is 0 Å². The Morgan fingerprint density at radius 3 is 1.55 bits per heavy atom. The van der Waals surface area contributed by atoms with Gasteiger partial charge in [-0.25, -0.2) is 15.0 Å². The van der Waals surface area contributed by atoms with Gasteiger partial charge in [0.25, 0.3) is 0 Å². The largest absolute Gasteiger partial charge is 0.456 e. The van der Waals surface area contributed by atoms with E-state index in [4.69, 9.17) is 19.4 Å². The van der Waals surface area contributed by atoms with E-state index >= 15 is 0 Å². The molecular formula is C49H29N3O. The molecule has 0 radical (unpaired) electrons. The minimum Gasteiger partial charge on any atom is -0.456 e. The van der Waals surface area contributed by atoms with E-state index in [0.717, 1.165) is 60.9 Å². The second-order valence-corrected chi connectivity index (χ2v) is 13.5. The highest BCUT2D eigenvalue weighted by Gasteiger charge is 2.24. The number of rotatable bonds is 5. The monoisotopic (exact) mass is 675 g/mol. The molecule has 10 aromatic rings. The minimum atomic E-state index is 0.593. The maximum Gasteiger partial charge on any atom is 0.164 e. The molecule has 2 aromatic heterocycles. The van der Waals surface area contributed by atoms with Crippen LogP contribution in [0.15, 0.2) is 180 Å². The van der Waals surface area contributed by atoms with E-state index < -0.39 is 0 Å². The lowest BCUT2D eigenvalue weighted by atomic mass is 9.93. The van der Waals surface area contributed by atoms with Crippen LogP contribution in [0.5, 0.6) is 0 Å². The summed E-state index contributed by atoms with van der Waals surface area (Å²) in [4.78, 5) is 15.9. The normalized spacial score (nSPS) is 11.8. The molecule has 0 fully saturated rings. The van der Waals surface area contributed by atoms with Gasteiger partial charge in [0.1, 0.15) is 11.2 Å². The predicted octanol–water partition coefficient (Wildman–Crippen LogP) is 12.9. The van der Waals surface area contributed by atoms with Crippen molar-refractivity contribution in [1.29, 1.82) is 0 Å². The van der Waals surface area contributed by atoms with Crippen molar-refractivity contribution in [2.75, 3.05) is 0 Å². The van der Waals surface area contributed by atoms with Gasteiger partial charge in [-0.3, -0.25) is 0 Å². The van der Waals surface area contributed by atoms with E-state index in [9.17, 15) is 0 Å². The maximum atomic E-state index is 6.31. The van der Waals surface area contributed by atoms with Crippen LogP contribution in [0.4, 0.5) is 0 Å². The molecule has 0 spiro atoms. The Labute approximate surface area is 305 Å². The van der Waals surface area contributed by atoms with E-state index in [1.807, 2.05) is 42.5 Å². The summed E-state index contributed by atoms with van der Waals surface area (Å²) in [5, 5.41) is 4.54. The van der Waals surface area contributed by atoms with Crippen LogP contribution in [-0.2, 0) is 0 Å². The first kappa shape index (κ1) is 29.5. The Balaban J connectivity index is 1.17. The van der Waals surface area contributed by atoms with Gasteiger partial charge in [0.05, 0.1) is 0 Å². The van der Waals surface area contributed by atoms with Gasteiger partial charge >= 0.3 is 0 Å². The summed E-state index contributed by atoms with van der Waals surface area (Å²) >= 11 is 0. The van der Waals surface area contributed by atoms with Crippen molar-refractivity contribution in [2.24, 2.45) is 0 Å². The molecule has 4 nitrogen and oxygen atoms in total. The smallest absolute Gasteiger partial charge is 0.164 e. The summed E-state index contributed by atoms with van der Waals surface area (Å²) in [5.74, 6) is 1.81. The Bertz CT molecular complexity index is 3070. The molecule has 0 saturated heterocycles. The fourth-order valence-electron chi connectivity index (χ4n) is 8.15. The number of nitrogens with zero attached hydrogens (tertiary/aromatic N) is 3. The Morgan fingerprint density at radius 1 is 0.302 bits per heavy atom. The molecule has 1 aliphatic rings. The fourth-order valence-corrected chi connectivity index (χ4v) is 8.15. The van der Waals surface area contributed by atoms with Crippen LogP contribution in [0, 0.1) is 0 Å². The molecule has 0 aliphatic heterocycles. The molecule has 0 N–H and O–H groups in total. The molecule has 8 aromatic carbocycles. The number of para-hydroxylation sites is 1. The Kier molecular flexibility index (Phi) is 6.52. The lowest BCUT2D eigenvalue weighted by Crippen LogP contribution is -2.02. The fraction of sp³-hybridized carbons (Fsp3) is 0. The Morgan fingerprint density at radius 2 is 0.811 bits per heavy atom. The third-order valence-electron chi connectivity index (χ3n) is 10.5. The van der Waals surface area contributed by atoms with Crippen molar-refractivity contribution in [1.82, 2.24) is 15.0 Å². The van der Waals surface area contributed by atoms with Gasteiger partial charge in [-0.2, -0.15) is 0 Å². The quantitative estimate of drug-likeness (QED) is 0.182. The summed E-state index contributed by atoms with van der Waals surface area (Å²) in [6.45, 7) is 0. The minimum absolute atomic E-state index is 0.593. The van der Waals surface area contributed by atoms with E-state index in [0.29, 0.717) is 17.5 Å². The topological polar surface area (TPSA) is 51.8 Å². The number of furan rings is 1. The highest BCUT2D eigenvalue weighted by atomic mass is 16.3. The van der Waals surface area contributed by atoms with Crippen LogP contribution in [-0.4, -0.2) is 15.0 Å². The van der Waals surface area contributed by atoms with Crippen molar-refractivity contribution >= 4 is 32.7 Å². The molecule has 0 saturated carbocycles. The SMILES string of the molecule is c1ccc(-c2ccccc2-c2nc(-c3ccccc3-c3cc4c5c(cccc5c3)-c3ccccc3-4)nc(-c3cccc4oc5ccccc5c34)n2)cc1. The second-order valence-electron chi connectivity index (χ2n) is 13.5. The number of hydrogen-bond acceptors (Lipinski definition) is 4. The van der Waals surface area contributed by atoms with Gasteiger partial charge in [-0.05, 0) is 79.5 Å². The van der Waals surface area contributed by atoms with Crippen molar-refractivity contribution in [3.05, 3.63) is 176 Å². The molecule has 1 aliphatic carbocycles. The van der Waals surface area contributed by atoms with Gasteiger partial charge in [0.15, 0.2) is 17.5 Å². The van der Waals surface area contributed by atoms with E-state index in [2.05, 4.69) is 133 Å². The lowest BCUT2D eigenvalue weighted by Gasteiger charge is -2.15. The summed E-state index contributed by atoms with van der Waals surface area (Å²) < 4.78 is 6.31. The standard InChI is InChI=1S/C49H29N3O/c1-2-14-30(15-3-1)33-17-4-8-21-38(33)47-50-48(52-49(51-47)41-25-13-27-44-46(41)40-23-10-11-26-43(40)53-44)39-22-9-5-18-34(39)32-28-31-16-12-24-37-35-19-6-7-20-36(35)42(29-32)45(31)37/h1-29H. The third-order valence-corrected chi connectivity index (χ3v) is 10.5. The van der Waals surface area contributed by atoms with Crippen molar-refractivity contribution in [3.8, 4) is 78.7 Å². The second kappa shape index (κ2) is 11.7. The zero-order valence-corrected chi connectivity index (χ0v) is 28.5. The molecule has 53 heavy (non-hydrogen) atoms.